The summed E-state index contributed by atoms with van der Waals surface area (Å²) in [6.07, 6.45) is -4.56. The number of cyclic esters (lactones) is 1. The highest BCUT2D eigenvalue weighted by molar-refractivity contribution is 5.90. The van der Waals surface area contributed by atoms with Gasteiger partial charge in [0.15, 0.2) is 0 Å². The van der Waals surface area contributed by atoms with E-state index >= 15 is 0 Å². The number of rotatable bonds is 8. The zero-order valence-electron chi connectivity index (χ0n) is 17.7. The third-order valence-electron chi connectivity index (χ3n) is 5.26. The molecule has 2 saturated heterocycles. The summed E-state index contributed by atoms with van der Waals surface area (Å²) in [4.78, 5) is 38.1. The molecule has 0 unspecified atom stereocenters. The Kier molecular flexibility index (Phi) is 8.31. The predicted molar refractivity (Wildman–Crippen MR) is 110 cm³/mol. The maximum Gasteiger partial charge on any atom is 0.414 e. The number of alkyl halides is 3. The van der Waals surface area contributed by atoms with Crippen molar-refractivity contribution >= 4 is 29.3 Å². The Labute approximate surface area is 187 Å². The van der Waals surface area contributed by atoms with Crippen LogP contribution in [0, 0.1) is 5.82 Å². The summed E-state index contributed by atoms with van der Waals surface area (Å²) in [6.45, 7) is 0.546. The van der Waals surface area contributed by atoms with E-state index in [0.29, 0.717) is 19.6 Å². The third-order valence-corrected chi connectivity index (χ3v) is 5.26. The molecule has 3 rings (SSSR count). The summed E-state index contributed by atoms with van der Waals surface area (Å²) in [5.41, 5.74) is 3.46. The highest BCUT2D eigenvalue weighted by atomic mass is 19.3. The van der Waals surface area contributed by atoms with Crippen molar-refractivity contribution in [1.29, 1.82) is 0 Å². The van der Waals surface area contributed by atoms with E-state index in [9.17, 15) is 31.9 Å². The summed E-state index contributed by atoms with van der Waals surface area (Å²) >= 11 is 0. The van der Waals surface area contributed by atoms with E-state index in [4.69, 9.17) is 4.74 Å². The molecule has 0 aliphatic carbocycles. The first-order valence-corrected chi connectivity index (χ1v) is 10.5. The number of nitrogens with zero attached hydrogens (tertiary/aromatic N) is 3. The van der Waals surface area contributed by atoms with Crippen molar-refractivity contribution in [2.24, 2.45) is 0 Å². The van der Waals surface area contributed by atoms with E-state index in [1.807, 2.05) is 5.32 Å². The van der Waals surface area contributed by atoms with Crippen LogP contribution in [0.1, 0.15) is 12.8 Å². The van der Waals surface area contributed by atoms with Gasteiger partial charge in [-0.25, -0.2) is 14.6 Å². The predicted octanol–water partition coefficient (Wildman–Crippen LogP) is 1.44. The van der Waals surface area contributed by atoms with Crippen LogP contribution in [-0.4, -0.2) is 81.4 Å². The van der Waals surface area contributed by atoms with E-state index in [2.05, 4.69) is 5.43 Å². The van der Waals surface area contributed by atoms with Gasteiger partial charge in [0.1, 0.15) is 11.9 Å². The minimum absolute atomic E-state index is 0.0370. The topological polar surface area (TPSA) is 94.2 Å². The highest BCUT2D eigenvalue weighted by Gasteiger charge is 2.33. The molecule has 2 heterocycles. The standard InChI is InChI=1S/C20H25F4N5O4/c21-5-1-2-17(30)29-9-8-27(7-6-26-29)16-4-3-13(10-15(16)22)28-12-14(33-20(28)32)11-25-19(31)18(23)24/h3-4,10,14,18,26H,1-2,5-9,11-12H2,(H,25,31)/t14-/m0/s1. The fourth-order valence-electron chi connectivity index (χ4n) is 3.59. The number of nitrogens with one attached hydrogen (secondary N) is 2. The van der Waals surface area contributed by atoms with E-state index in [0.717, 1.165) is 4.90 Å². The maximum atomic E-state index is 14.9. The number of ether oxygens (including phenoxy) is 1. The molecule has 0 radical (unpaired) electrons. The molecular formula is C20H25F4N5O4. The Bertz CT molecular complexity index is 875. The number of benzene rings is 1. The smallest absolute Gasteiger partial charge is 0.414 e. The Morgan fingerprint density at radius 2 is 2.03 bits per heavy atom. The minimum atomic E-state index is -3.17. The number of amides is 3. The fraction of sp³-hybridized carbons (Fsp3) is 0.550. The van der Waals surface area contributed by atoms with Gasteiger partial charge in [-0.1, -0.05) is 0 Å². The van der Waals surface area contributed by atoms with Crippen LogP contribution in [0.25, 0.3) is 0 Å². The van der Waals surface area contributed by atoms with Gasteiger partial charge < -0.3 is 15.0 Å². The van der Waals surface area contributed by atoms with Crippen LogP contribution >= 0.6 is 0 Å². The van der Waals surface area contributed by atoms with E-state index in [-0.39, 0.29) is 49.8 Å². The van der Waals surface area contributed by atoms with E-state index in [1.54, 1.807) is 4.90 Å². The molecular weight excluding hydrogens is 450 g/mol. The summed E-state index contributed by atoms with van der Waals surface area (Å²) < 4.78 is 56.8. The van der Waals surface area contributed by atoms with E-state index < -0.39 is 37.0 Å². The summed E-state index contributed by atoms with van der Waals surface area (Å²) in [7, 11) is 0. The molecule has 2 fully saturated rings. The first-order valence-electron chi connectivity index (χ1n) is 10.5. The summed E-state index contributed by atoms with van der Waals surface area (Å²) in [6, 6.07) is 4.20. The second-order valence-electron chi connectivity index (χ2n) is 7.53. The van der Waals surface area contributed by atoms with Crippen molar-refractivity contribution in [3.63, 3.8) is 0 Å². The Hall–Kier alpha value is -3.09. The van der Waals surface area contributed by atoms with Crippen LogP contribution in [0.4, 0.5) is 33.7 Å². The number of carbonyl (C=O) groups is 3. The quantitative estimate of drug-likeness (QED) is 0.553. The SMILES string of the molecule is O=C(NC[C@H]1CN(c2ccc(N3CCNN(C(=O)CCCF)CC3)c(F)c2)C(=O)O1)C(F)F. The molecule has 0 bridgehead atoms. The number of halogens is 4. The van der Waals surface area contributed by atoms with Gasteiger partial charge in [0.05, 0.1) is 37.7 Å². The average molecular weight is 475 g/mol. The molecule has 33 heavy (non-hydrogen) atoms. The van der Waals surface area contributed by atoms with Crippen LogP contribution in [0.15, 0.2) is 18.2 Å². The van der Waals surface area contributed by atoms with Crippen LogP contribution in [0.2, 0.25) is 0 Å². The molecule has 1 aromatic carbocycles. The van der Waals surface area contributed by atoms with Gasteiger partial charge in [-0.3, -0.25) is 23.9 Å². The molecule has 9 nitrogen and oxygen atoms in total. The molecule has 0 spiro atoms. The normalized spacial score (nSPS) is 19.0. The molecule has 1 aromatic rings. The van der Waals surface area contributed by atoms with Gasteiger partial charge in [-0.15, -0.1) is 0 Å². The first kappa shape index (κ1) is 24.6. The lowest BCUT2D eigenvalue weighted by Gasteiger charge is -2.24. The van der Waals surface area contributed by atoms with Crippen molar-refractivity contribution < 1.29 is 36.7 Å². The lowest BCUT2D eigenvalue weighted by atomic mass is 10.2. The van der Waals surface area contributed by atoms with Crippen molar-refractivity contribution in [3.05, 3.63) is 24.0 Å². The number of hydrazine groups is 1. The minimum Gasteiger partial charge on any atom is -0.442 e. The molecule has 3 amide bonds. The van der Waals surface area contributed by atoms with Crippen molar-refractivity contribution in [2.75, 3.05) is 55.7 Å². The largest absolute Gasteiger partial charge is 0.442 e. The lowest BCUT2D eigenvalue weighted by Crippen LogP contribution is -2.43. The molecule has 13 heteroatoms. The molecule has 0 aromatic heterocycles. The molecule has 2 N–H and O–H groups in total. The molecule has 1 atom stereocenters. The van der Waals surface area contributed by atoms with Crippen LogP contribution in [0.5, 0.6) is 0 Å². The van der Waals surface area contributed by atoms with Crippen LogP contribution in [-0.2, 0) is 14.3 Å². The summed E-state index contributed by atoms with van der Waals surface area (Å²) in [5.74, 6) is -2.28. The lowest BCUT2D eigenvalue weighted by molar-refractivity contribution is -0.134. The van der Waals surface area contributed by atoms with Crippen molar-refractivity contribution in [1.82, 2.24) is 15.8 Å². The van der Waals surface area contributed by atoms with Gasteiger partial charge in [0.25, 0.3) is 5.91 Å². The van der Waals surface area contributed by atoms with Crippen molar-refractivity contribution in [3.8, 4) is 0 Å². The van der Waals surface area contributed by atoms with Crippen LogP contribution in [0.3, 0.4) is 0 Å². The van der Waals surface area contributed by atoms with Gasteiger partial charge >= 0.3 is 12.5 Å². The van der Waals surface area contributed by atoms with Gasteiger partial charge in [-0.2, -0.15) is 8.78 Å². The highest BCUT2D eigenvalue weighted by Crippen LogP contribution is 2.28. The maximum absolute atomic E-state index is 14.9. The third kappa shape index (κ3) is 6.24. The van der Waals surface area contributed by atoms with Crippen LogP contribution < -0.4 is 20.5 Å². The number of anilines is 2. The Morgan fingerprint density at radius 1 is 1.24 bits per heavy atom. The number of hydrogen-bond acceptors (Lipinski definition) is 6. The zero-order valence-corrected chi connectivity index (χ0v) is 17.7. The molecule has 0 saturated carbocycles. The summed E-state index contributed by atoms with van der Waals surface area (Å²) in [5, 5.41) is 3.39. The second kappa shape index (κ2) is 11.2. The van der Waals surface area contributed by atoms with Gasteiger partial charge in [0, 0.05) is 26.1 Å². The molecule has 182 valence electrons. The number of hydrogen-bond donors (Lipinski definition) is 2. The number of carbonyl (C=O) groups excluding carboxylic acids is 3. The Morgan fingerprint density at radius 3 is 2.73 bits per heavy atom. The first-order chi connectivity index (χ1) is 15.8. The second-order valence-corrected chi connectivity index (χ2v) is 7.53. The fourth-order valence-corrected chi connectivity index (χ4v) is 3.59. The van der Waals surface area contributed by atoms with Crippen molar-refractivity contribution in [2.45, 2.75) is 25.4 Å². The zero-order chi connectivity index (χ0) is 24.0. The molecule has 2 aliphatic rings. The van der Waals surface area contributed by atoms with E-state index in [1.165, 1.54) is 23.2 Å². The molecule has 2 aliphatic heterocycles. The monoisotopic (exact) mass is 475 g/mol. The van der Waals surface area contributed by atoms with Gasteiger partial charge in [0.2, 0.25) is 5.91 Å². The van der Waals surface area contributed by atoms with Gasteiger partial charge in [-0.05, 0) is 24.6 Å². The average Bonchev–Trinajstić information content (AvgIpc) is 2.99. The Balaban J connectivity index is 1.60.